The Hall–Kier alpha value is -3.49. The van der Waals surface area contributed by atoms with E-state index in [1.54, 1.807) is 0 Å². The van der Waals surface area contributed by atoms with E-state index in [1.165, 1.54) is 0 Å². The average Bonchev–Trinajstić information content (AvgIpc) is 2.77. The van der Waals surface area contributed by atoms with Crippen molar-refractivity contribution >= 4 is 28.5 Å². The van der Waals surface area contributed by atoms with Crippen molar-refractivity contribution in [3.63, 3.8) is 0 Å². The number of phenolic OH excluding ortho intramolecular Hbond substituents is 2. The van der Waals surface area contributed by atoms with Crippen LogP contribution < -0.4 is 5.43 Å². The van der Waals surface area contributed by atoms with Gasteiger partial charge in [-0.25, -0.2) is 4.79 Å². The van der Waals surface area contributed by atoms with E-state index in [0.717, 1.165) is 18.2 Å². The maximum Gasteiger partial charge on any atom is 0.331 e. The molecule has 1 aliphatic heterocycles. The number of carboxylic acids is 1. The van der Waals surface area contributed by atoms with Crippen LogP contribution in [0.25, 0.3) is 16.5 Å². The molecule has 4 N–H and O–H groups in total. The van der Waals surface area contributed by atoms with E-state index in [2.05, 4.69) is 0 Å². The first kappa shape index (κ1) is 15.4. The fourth-order valence-corrected chi connectivity index (χ4v) is 2.53. The van der Waals surface area contributed by atoms with Crippen LogP contribution in [0.3, 0.4) is 0 Å². The zero-order valence-electron chi connectivity index (χ0n) is 11.8. The molecule has 1 aliphatic rings. The van der Waals surface area contributed by atoms with Crippen molar-refractivity contribution in [1.82, 2.24) is 0 Å². The SMILES string of the molecule is O=C(O)CC1OC(=O)C=C1c1c(O)oc2cc(O)cc(O)c2c1=O. The summed E-state index contributed by atoms with van der Waals surface area (Å²) in [4.78, 5) is 34.9. The van der Waals surface area contributed by atoms with Gasteiger partial charge in [-0.2, -0.15) is 0 Å². The zero-order chi connectivity index (χ0) is 17.6. The Morgan fingerprint density at radius 3 is 2.54 bits per heavy atom. The number of phenols is 2. The van der Waals surface area contributed by atoms with Crippen molar-refractivity contribution in [1.29, 1.82) is 0 Å². The van der Waals surface area contributed by atoms with E-state index in [0.29, 0.717) is 0 Å². The molecule has 1 aromatic carbocycles. The molecule has 124 valence electrons. The first-order valence-electron chi connectivity index (χ1n) is 6.64. The molecule has 1 atom stereocenters. The lowest BCUT2D eigenvalue weighted by atomic mass is 9.98. The van der Waals surface area contributed by atoms with Crippen molar-refractivity contribution in [2.45, 2.75) is 12.5 Å². The number of hydrogen-bond acceptors (Lipinski definition) is 8. The number of esters is 1. The van der Waals surface area contributed by atoms with Crippen molar-refractivity contribution < 1.29 is 39.2 Å². The van der Waals surface area contributed by atoms with Crippen LogP contribution in [0.15, 0.2) is 27.4 Å². The van der Waals surface area contributed by atoms with Gasteiger partial charge in [0.1, 0.15) is 34.1 Å². The summed E-state index contributed by atoms with van der Waals surface area (Å²) in [5, 5.41) is 37.8. The smallest absolute Gasteiger partial charge is 0.331 e. The van der Waals surface area contributed by atoms with E-state index in [9.17, 15) is 29.7 Å². The van der Waals surface area contributed by atoms with Gasteiger partial charge in [-0.15, -0.1) is 0 Å². The lowest BCUT2D eigenvalue weighted by Gasteiger charge is -2.13. The van der Waals surface area contributed by atoms with Crippen molar-refractivity contribution in [3.8, 4) is 17.4 Å². The number of hydrogen-bond donors (Lipinski definition) is 4. The number of carbonyl (C=O) groups excluding carboxylic acids is 1. The summed E-state index contributed by atoms with van der Waals surface area (Å²) in [5.74, 6) is -4.03. The van der Waals surface area contributed by atoms with Crippen LogP contribution in [0.2, 0.25) is 0 Å². The second kappa shape index (κ2) is 5.30. The third-order valence-electron chi connectivity index (χ3n) is 3.47. The lowest BCUT2D eigenvalue weighted by Crippen LogP contribution is -2.19. The summed E-state index contributed by atoms with van der Waals surface area (Å²) in [6.45, 7) is 0. The molecule has 1 unspecified atom stereocenters. The summed E-state index contributed by atoms with van der Waals surface area (Å²) in [6, 6.07) is 1.92. The summed E-state index contributed by atoms with van der Waals surface area (Å²) in [6.07, 6.45) is -1.01. The second-order valence-corrected chi connectivity index (χ2v) is 5.07. The van der Waals surface area contributed by atoms with E-state index in [4.69, 9.17) is 14.3 Å². The van der Waals surface area contributed by atoms with Crippen LogP contribution >= 0.6 is 0 Å². The maximum atomic E-state index is 12.6. The molecular formula is C15H10O9. The van der Waals surface area contributed by atoms with Gasteiger partial charge in [-0.05, 0) is 0 Å². The second-order valence-electron chi connectivity index (χ2n) is 5.07. The Labute approximate surface area is 132 Å². The topological polar surface area (TPSA) is 154 Å². The Kier molecular flexibility index (Phi) is 3.40. The summed E-state index contributed by atoms with van der Waals surface area (Å²) >= 11 is 0. The molecule has 9 heteroatoms. The molecule has 0 bridgehead atoms. The number of aromatic hydroxyl groups is 3. The Balaban J connectivity index is 2.27. The van der Waals surface area contributed by atoms with Crippen LogP contribution in [-0.2, 0) is 14.3 Å². The fourth-order valence-electron chi connectivity index (χ4n) is 2.53. The summed E-state index contributed by atoms with van der Waals surface area (Å²) < 4.78 is 9.82. The largest absolute Gasteiger partial charge is 0.508 e. The highest BCUT2D eigenvalue weighted by molar-refractivity contribution is 6.00. The standard InChI is InChI=1S/C15H10O9/c16-5-1-7(17)13-9(2-5)24-15(22)12(14(13)21)6-3-11(20)23-8(6)4-10(18)19/h1-3,8,16-17,22H,4H2,(H,18,19). The van der Waals surface area contributed by atoms with Gasteiger partial charge in [0.05, 0.1) is 6.42 Å². The molecule has 1 aromatic heterocycles. The highest BCUT2D eigenvalue weighted by Gasteiger charge is 2.34. The lowest BCUT2D eigenvalue weighted by molar-refractivity contribution is -0.144. The number of aliphatic carboxylic acids is 1. The molecule has 0 spiro atoms. The van der Waals surface area contributed by atoms with E-state index in [-0.39, 0.29) is 16.5 Å². The van der Waals surface area contributed by atoms with Crippen molar-refractivity contribution in [2.75, 3.05) is 0 Å². The van der Waals surface area contributed by atoms with E-state index in [1.807, 2.05) is 0 Å². The van der Waals surface area contributed by atoms with Gasteiger partial charge in [0, 0.05) is 23.8 Å². The van der Waals surface area contributed by atoms with Gasteiger partial charge >= 0.3 is 11.9 Å². The molecule has 0 fully saturated rings. The number of benzene rings is 1. The number of carboxylic acid groups (broad SMARTS) is 1. The molecule has 0 saturated carbocycles. The Bertz CT molecular complexity index is 967. The molecule has 24 heavy (non-hydrogen) atoms. The predicted molar refractivity (Wildman–Crippen MR) is 77.6 cm³/mol. The van der Waals surface area contributed by atoms with Gasteiger partial charge < -0.3 is 29.6 Å². The molecule has 2 heterocycles. The molecule has 0 amide bonds. The molecule has 2 aromatic rings. The summed E-state index contributed by atoms with van der Waals surface area (Å²) in [5.41, 5.74) is -1.82. The van der Waals surface area contributed by atoms with Crippen LogP contribution in [0.5, 0.6) is 17.4 Å². The molecule has 9 nitrogen and oxygen atoms in total. The normalized spacial score (nSPS) is 16.9. The molecule has 0 radical (unpaired) electrons. The third-order valence-corrected chi connectivity index (χ3v) is 3.47. The number of cyclic esters (lactones) is 1. The Morgan fingerprint density at radius 1 is 1.17 bits per heavy atom. The van der Waals surface area contributed by atoms with E-state index >= 15 is 0 Å². The first-order valence-corrected chi connectivity index (χ1v) is 6.64. The van der Waals surface area contributed by atoms with Crippen LogP contribution in [0.4, 0.5) is 0 Å². The average molecular weight is 334 g/mol. The van der Waals surface area contributed by atoms with E-state index < -0.39 is 52.9 Å². The number of carbonyl (C=O) groups is 2. The van der Waals surface area contributed by atoms with Crippen LogP contribution in [0.1, 0.15) is 12.0 Å². The maximum absolute atomic E-state index is 12.6. The first-order chi connectivity index (χ1) is 11.3. The molecule has 0 saturated heterocycles. The number of ether oxygens (including phenoxy) is 1. The quantitative estimate of drug-likeness (QED) is 0.593. The predicted octanol–water partition coefficient (Wildman–Crippen LogP) is 0.693. The van der Waals surface area contributed by atoms with Gasteiger partial charge in [-0.3, -0.25) is 9.59 Å². The number of rotatable bonds is 3. The van der Waals surface area contributed by atoms with Crippen molar-refractivity contribution in [2.24, 2.45) is 0 Å². The molecule has 0 aliphatic carbocycles. The zero-order valence-corrected chi connectivity index (χ0v) is 11.8. The minimum atomic E-state index is -1.28. The summed E-state index contributed by atoms with van der Waals surface area (Å²) in [7, 11) is 0. The minimum Gasteiger partial charge on any atom is -0.508 e. The molecular weight excluding hydrogens is 324 g/mol. The highest BCUT2D eigenvalue weighted by atomic mass is 16.5. The van der Waals surface area contributed by atoms with Gasteiger partial charge in [0.15, 0.2) is 0 Å². The van der Waals surface area contributed by atoms with Crippen molar-refractivity contribution in [3.05, 3.63) is 34.0 Å². The van der Waals surface area contributed by atoms with Gasteiger partial charge in [0.25, 0.3) is 5.95 Å². The van der Waals surface area contributed by atoms with Crippen LogP contribution in [-0.4, -0.2) is 38.5 Å². The monoisotopic (exact) mass is 334 g/mol. The third kappa shape index (κ3) is 2.41. The highest BCUT2D eigenvalue weighted by Crippen LogP contribution is 2.36. The van der Waals surface area contributed by atoms with Crippen LogP contribution in [0, 0.1) is 0 Å². The minimum absolute atomic E-state index is 0.164. The fraction of sp³-hybridized carbons (Fsp3) is 0.133. The van der Waals surface area contributed by atoms with Gasteiger partial charge in [0.2, 0.25) is 5.43 Å². The Morgan fingerprint density at radius 2 is 1.88 bits per heavy atom. The number of fused-ring (bicyclic) bond motifs is 1. The van der Waals surface area contributed by atoms with Gasteiger partial charge in [-0.1, -0.05) is 0 Å². The molecule has 3 rings (SSSR count).